The van der Waals surface area contributed by atoms with Crippen molar-refractivity contribution in [1.29, 1.82) is 0 Å². The molecule has 1 heterocycles. The number of hydroxylamine groups is 2. The fourth-order valence-electron chi connectivity index (χ4n) is 1.66. The van der Waals surface area contributed by atoms with Gasteiger partial charge in [-0.15, -0.1) is 28.8 Å². The van der Waals surface area contributed by atoms with Gasteiger partial charge in [-0.1, -0.05) is 5.92 Å². The number of carbonyl (C=O) groups excluding carboxylic acids is 2. The lowest BCUT2D eigenvalue weighted by Crippen LogP contribution is -2.53. The fraction of sp³-hybridized carbons (Fsp3) is 0.667. The molecule has 1 saturated heterocycles. The Balaban J connectivity index is 2.95. The molecule has 1 fully saturated rings. The third-order valence-electron chi connectivity index (χ3n) is 2.75. The molecule has 0 aromatic rings. The van der Waals surface area contributed by atoms with Gasteiger partial charge in [0.05, 0.1) is 13.7 Å². The molecular formula is C12H17BINO6S. The van der Waals surface area contributed by atoms with E-state index in [1.807, 2.05) is 22.4 Å². The van der Waals surface area contributed by atoms with Crippen LogP contribution in [0, 0.1) is 12.3 Å². The number of rotatable bonds is 2. The van der Waals surface area contributed by atoms with E-state index in [1.54, 1.807) is 20.8 Å². The highest BCUT2D eigenvalue weighted by molar-refractivity contribution is 14.1. The SMILES string of the molecule is C#CC(O)(C(=O)OC)C1CN(C(=O)OC(C)(C)C)OSB1I. The first-order chi connectivity index (χ1) is 10.0. The van der Waals surface area contributed by atoms with Crippen molar-refractivity contribution >= 4 is 50.2 Å². The van der Waals surface area contributed by atoms with Gasteiger partial charge in [-0.2, -0.15) is 5.06 Å². The molecule has 1 rings (SSSR count). The molecule has 22 heavy (non-hydrogen) atoms. The molecule has 0 spiro atoms. The summed E-state index contributed by atoms with van der Waals surface area (Å²) in [7, 11) is 1.13. The fourth-order valence-corrected chi connectivity index (χ4v) is 3.42. The van der Waals surface area contributed by atoms with Crippen molar-refractivity contribution in [2.45, 2.75) is 37.8 Å². The van der Waals surface area contributed by atoms with Gasteiger partial charge in [0, 0.05) is 5.82 Å². The number of ether oxygens (including phenoxy) is 2. The van der Waals surface area contributed by atoms with E-state index in [0.29, 0.717) is 0 Å². The number of methoxy groups -OCH3 is 1. The summed E-state index contributed by atoms with van der Waals surface area (Å²) < 4.78 is 14.6. The van der Waals surface area contributed by atoms with Crippen molar-refractivity contribution in [2.24, 2.45) is 0 Å². The Hall–Kier alpha value is -0.635. The summed E-state index contributed by atoms with van der Waals surface area (Å²) >= 11 is 2.88. The quantitative estimate of drug-likeness (QED) is 0.230. The summed E-state index contributed by atoms with van der Waals surface area (Å²) in [6.45, 7) is 5.04. The second kappa shape index (κ2) is 7.29. The van der Waals surface area contributed by atoms with Crippen LogP contribution >= 0.6 is 34.3 Å². The normalized spacial score (nSPS) is 21.6. The zero-order valence-electron chi connectivity index (χ0n) is 12.7. The molecule has 0 aliphatic carbocycles. The first-order valence-corrected chi connectivity index (χ1v) is 8.36. The molecule has 122 valence electrons. The maximum Gasteiger partial charge on any atom is 0.435 e. The van der Waals surface area contributed by atoms with Crippen LogP contribution in [0.3, 0.4) is 0 Å². The smallest absolute Gasteiger partial charge is 0.435 e. The average Bonchev–Trinajstić information content (AvgIpc) is 2.44. The average molecular weight is 441 g/mol. The largest absolute Gasteiger partial charge is 0.466 e. The molecule has 0 aromatic carbocycles. The number of hydrogen-bond acceptors (Lipinski definition) is 7. The molecule has 1 aliphatic rings. The van der Waals surface area contributed by atoms with Gasteiger partial charge in [0.2, 0.25) is 5.60 Å². The number of nitrogens with zero attached hydrogens (tertiary/aromatic N) is 1. The van der Waals surface area contributed by atoms with Crippen LogP contribution in [-0.2, 0) is 18.6 Å². The van der Waals surface area contributed by atoms with Gasteiger partial charge in [-0.3, -0.25) is 0 Å². The first kappa shape index (κ1) is 19.4. The van der Waals surface area contributed by atoms with Gasteiger partial charge in [-0.25, -0.2) is 13.9 Å². The Morgan fingerprint density at radius 2 is 2.14 bits per heavy atom. The summed E-state index contributed by atoms with van der Waals surface area (Å²) in [6.07, 6.45) is 4.59. The summed E-state index contributed by atoms with van der Waals surface area (Å²) in [5, 5.41) is 11.4. The van der Waals surface area contributed by atoms with Crippen LogP contribution < -0.4 is 0 Å². The summed E-state index contributed by atoms with van der Waals surface area (Å²) in [4.78, 5) is 23.8. The van der Waals surface area contributed by atoms with E-state index in [2.05, 4.69) is 10.7 Å². The molecule has 1 aliphatic heterocycles. The molecule has 0 aromatic heterocycles. The van der Waals surface area contributed by atoms with Crippen molar-refractivity contribution in [3.05, 3.63) is 0 Å². The molecule has 1 N–H and O–H groups in total. The Kier molecular flexibility index (Phi) is 6.43. The van der Waals surface area contributed by atoms with Crippen molar-refractivity contribution in [3.8, 4) is 12.3 Å². The van der Waals surface area contributed by atoms with E-state index in [4.69, 9.17) is 15.4 Å². The van der Waals surface area contributed by atoms with Gasteiger partial charge in [0.15, 0.2) is 0 Å². The van der Waals surface area contributed by atoms with Gasteiger partial charge >= 0.3 is 15.9 Å². The number of amides is 1. The second-order valence-electron chi connectivity index (χ2n) is 5.57. The standard InChI is InChI=1S/C12H17BINO6S/c1-6-12(18,9(16)19-5)8-7-15(21-22-13(8)14)10(17)20-11(2,3)4/h1,8,18H,7H2,2-5H3. The molecular weight excluding hydrogens is 424 g/mol. The summed E-state index contributed by atoms with van der Waals surface area (Å²) in [5.74, 6) is 0.334. The molecule has 0 bridgehead atoms. The van der Waals surface area contributed by atoms with Crippen LogP contribution in [-0.4, -0.2) is 50.9 Å². The monoisotopic (exact) mass is 441 g/mol. The highest BCUT2D eigenvalue weighted by atomic mass is 127. The minimum atomic E-state index is -2.16. The Morgan fingerprint density at radius 1 is 1.55 bits per heavy atom. The molecule has 1 amide bonds. The summed E-state index contributed by atoms with van der Waals surface area (Å²) in [6, 6.07) is 0. The van der Waals surface area contributed by atoms with Gasteiger partial charge in [0.1, 0.15) is 5.60 Å². The maximum absolute atomic E-state index is 12.0. The first-order valence-electron chi connectivity index (χ1n) is 6.31. The number of halogens is 1. The highest BCUT2D eigenvalue weighted by Crippen LogP contribution is 2.41. The number of terminal acetylenes is 1. The van der Waals surface area contributed by atoms with Crippen LogP contribution in [0.25, 0.3) is 0 Å². The lowest BCUT2D eigenvalue weighted by molar-refractivity contribution is -0.158. The highest BCUT2D eigenvalue weighted by Gasteiger charge is 2.53. The van der Waals surface area contributed by atoms with Crippen LogP contribution in [0.2, 0.25) is 5.82 Å². The third-order valence-corrected chi connectivity index (χ3v) is 5.02. The lowest BCUT2D eigenvalue weighted by Gasteiger charge is -2.38. The number of carbonyl (C=O) groups is 2. The van der Waals surface area contributed by atoms with E-state index in [0.717, 1.165) is 24.1 Å². The molecule has 2 atom stereocenters. The summed E-state index contributed by atoms with van der Waals surface area (Å²) in [5.41, 5.74) is -2.86. The Morgan fingerprint density at radius 3 is 2.59 bits per heavy atom. The Labute approximate surface area is 147 Å². The molecule has 10 heteroatoms. The molecule has 0 saturated carbocycles. The van der Waals surface area contributed by atoms with Crippen LogP contribution in [0.4, 0.5) is 4.79 Å². The topological polar surface area (TPSA) is 85.3 Å². The van der Waals surface area contributed by atoms with Crippen molar-refractivity contribution in [2.75, 3.05) is 13.7 Å². The molecule has 7 nitrogen and oxygen atoms in total. The Bertz CT molecular complexity index is 493. The van der Waals surface area contributed by atoms with Crippen LogP contribution in [0.15, 0.2) is 0 Å². The molecule has 2 unspecified atom stereocenters. The van der Waals surface area contributed by atoms with E-state index in [1.165, 1.54) is 0 Å². The van der Waals surface area contributed by atoms with E-state index >= 15 is 0 Å². The van der Waals surface area contributed by atoms with Crippen molar-refractivity contribution in [1.82, 2.24) is 5.06 Å². The number of aliphatic hydroxyl groups is 1. The second-order valence-corrected chi connectivity index (χ2v) is 8.61. The van der Waals surface area contributed by atoms with Crippen LogP contribution in [0.5, 0.6) is 0 Å². The predicted molar refractivity (Wildman–Crippen MR) is 90.9 cm³/mol. The van der Waals surface area contributed by atoms with E-state index in [9.17, 15) is 14.7 Å². The maximum atomic E-state index is 12.0. The molecule has 0 radical (unpaired) electrons. The predicted octanol–water partition coefficient (Wildman–Crippen LogP) is 1.65. The van der Waals surface area contributed by atoms with Gasteiger partial charge in [0.25, 0.3) is 0 Å². The number of hydrogen-bond donors (Lipinski definition) is 1. The number of esters is 1. The third kappa shape index (κ3) is 4.44. The minimum Gasteiger partial charge on any atom is -0.466 e. The van der Waals surface area contributed by atoms with Gasteiger partial charge in [-0.05, 0) is 32.7 Å². The van der Waals surface area contributed by atoms with Gasteiger partial charge < -0.3 is 14.6 Å². The minimum absolute atomic E-state index is 0.106. The zero-order valence-corrected chi connectivity index (χ0v) is 15.6. The lowest BCUT2D eigenvalue weighted by atomic mass is 9.71. The van der Waals surface area contributed by atoms with E-state index in [-0.39, 0.29) is 10.4 Å². The zero-order chi connectivity index (χ0) is 17.1. The van der Waals surface area contributed by atoms with Crippen LogP contribution in [0.1, 0.15) is 20.8 Å². The van der Waals surface area contributed by atoms with E-state index < -0.39 is 29.1 Å². The van der Waals surface area contributed by atoms with Crippen molar-refractivity contribution in [3.63, 3.8) is 0 Å². The van der Waals surface area contributed by atoms with Crippen molar-refractivity contribution < 1.29 is 28.5 Å².